The summed E-state index contributed by atoms with van der Waals surface area (Å²) in [5.41, 5.74) is 11.1. The molecule has 4 rings (SSSR count). The Morgan fingerprint density at radius 3 is 2.82 bits per heavy atom. The predicted molar refractivity (Wildman–Crippen MR) is 87.5 cm³/mol. The lowest BCUT2D eigenvalue weighted by molar-refractivity contribution is 0.798. The van der Waals surface area contributed by atoms with Crippen LogP contribution in [0.5, 0.6) is 0 Å². The van der Waals surface area contributed by atoms with Gasteiger partial charge in [-0.05, 0) is 30.5 Å². The fraction of sp³-hybridized carbons (Fsp3) is 0.176. The summed E-state index contributed by atoms with van der Waals surface area (Å²) in [7, 11) is 2.05. The van der Waals surface area contributed by atoms with Crippen molar-refractivity contribution < 1.29 is 0 Å². The quantitative estimate of drug-likeness (QED) is 0.617. The lowest BCUT2D eigenvalue weighted by Crippen LogP contribution is -2.10. The minimum atomic E-state index is -0.103. The van der Waals surface area contributed by atoms with Crippen LogP contribution < -0.4 is 5.73 Å². The van der Waals surface area contributed by atoms with Gasteiger partial charge in [-0.15, -0.1) is 0 Å². The van der Waals surface area contributed by atoms with E-state index in [1.165, 1.54) is 10.9 Å². The highest BCUT2D eigenvalue weighted by molar-refractivity contribution is 5.85. The Hall–Kier alpha value is -2.66. The van der Waals surface area contributed by atoms with E-state index in [-0.39, 0.29) is 6.04 Å². The molecule has 0 aliphatic heterocycles. The summed E-state index contributed by atoms with van der Waals surface area (Å²) >= 11 is 0. The third-order valence-corrected chi connectivity index (χ3v) is 4.07. The smallest absolute Gasteiger partial charge is 0.153 e. The van der Waals surface area contributed by atoms with Crippen molar-refractivity contribution in [2.24, 2.45) is 12.8 Å². The molecule has 5 heteroatoms. The standard InChI is InChI=1S/C17H17N5/c1-11(18)14-10-16-19-6-8-22(16)20-17(14)13-4-3-12-5-7-21(2)15(12)9-13/h3-11H,18H2,1-2H3/t11-/m0/s1. The number of fused-ring (bicyclic) bond motifs is 2. The molecule has 2 N–H and O–H groups in total. The maximum Gasteiger partial charge on any atom is 0.153 e. The van der Waals surface area contributed by atoms with Gasteiger partial charge in [-0.3, -0.25) is 0 Å². The van der Waals surface area contributed by atoms with Gasteiger partial charge in [0.25, 0.3) is 0 Å². The lowest BCUT2D eigenvalue weighted by Gasteiger charge is -2.13. The van der Waals surface area contributed by atoms with E-state index in [0.29, 0.717) is 0 Å². The predicted octanol–water partition coefficient (Wildman–Crippen LogP) is 2.91. The zero-order valence-electron chi connectivity index (χ0n) is 12.6. The molecule has 4 aromatic rings. The second-order valence-corrected chi connectivity index (χ2v) is 5.67. The largest absolute Gasteiger partial charge is 0.351 e. The summed E-state index contributed by atoms with van der Waals surface area (Å²) in [5.74, 6) is 0. The van der Waals surface area contributed by atoms with Gasteiger partial charge in [-0.25, -0.2) is 9.50 Å². The molecule has 3 heterocycles. The highest BCUT2D eigenvalue weighted by Crippen LogP contribution is 2.29. The molecule has 5 nitrogen and oxygen atoms in total. The van der Waals surface area contributed by atoms with Crippen molar-refractivity contribution in [3.8, 4) is 11.3 Å². The van der Waals surface area contributed by atoms with E-state index in [2.05, 4.69) is 40.0 Å². The molecule has 0 aliphatic rings. The van der Waals surface area contributed by atoms with Crippen LogP contribution in [0.2, 0.25) is 0 Å². The molecule has 0 spiro atoms. The molecule has 0 unspecified atom stereocenters. The Balaban J connectivity index is 2.00. The van der Waals surface area contributed by atoms with E-state index >= 15 is 0 Å². The van der Waals surface area contributed by atoms with E-state index in [9.17, 15) is 0 Å². The fourth-order valence-electron chi connectivity index (χ4n) is 2.85. The van der Waals surface area contributed by atoms with Crippen molar-refractivity contribution in [3.05, 3.63) is 54.5 Å². The Kier molecular flexibility index (Phi) is 2.77. The number of aryl methyl sites for hydroxylation is 1. The van der Waals surface area contributed by atoms with Gasteiger partial charge in [0.1, 0.15) is 0 Å². The zero-order valence-corrected chi connectivity index (χ0v) is 12.6. The van der Waals surface area contributed by atoms with Gasteiger partial charge in [0.15, 0.2) is 5.65 Å². The monoisotopic (exact) mass is 291 g/mol. The van der Waals surface area contributed by atoms with Gasteiger partial charge in [0.2, 0.25) is 0 Å². The molecule has 1 aromatic carbocycles. The van der Waals surface area contributed by atoms with Crippen molar-refractivity contribution in [1.29, 1.82) is 0 Å². The third kappa shape index (κ3) is 1.90. The Morgan fingerprint density at radius 2 is 2.00 bits per heavy atom. The van der Waals surface area contributed by atoms with E-state index in [4.69, 9.17) is 10.8 Å². The van der Waals surface area contributed by atoms with Gasteiger partial charge in [0.05, 0.1) is 5.69 Å². The van der Waals surface area contributed by atoms with Crippen LogP contribution >= 0.6 is 0 Å². The number of rotatable bonds is 2. The molecule has 3 aromatic heterocycles. The average Bonchev–Trinajstić information content (AvgIpc) is 3.12. The van der Waals surface area contributed by atoms with E-state index in [1.54, 1.807) is 10.7 Å². The van der Waals surface area contributed by atoms with Gasteiger partial charge >= 0.3 is 0 Å². The number of hydrogen-bond donors (Lipinski definition) is 1. The van der Waals surface area contributed by atoms with Crippen molar-refractivity contribution in [3.63, 3.8) is 0 Å². The summed E-state index contributed by atoms with van der Waals surface area (Å²) in [4.78, 5) is 4.29. The molecule has 0 fully saturated rings. The molecular weight excluding hydrogens is 274 g/mol. The van der Waals surface area contributed by atoms with Gasteiger partial charge < -0.3 is 10.3 Å². The normalized spacial score (nSPS) is 13.0. The fourth-order valence-corrected chi connectivity index (χ4v) is 2.85. The second kappa shape index (κ2) is 4.68. The lowest BCUT2D eigenvalue weighted by atomic mass is 10.0. The molecule has 0 aliphatic carbocycles. The van der Waals surface area contributed by atoms with Gasteiger partial charge in [0, 0.05) is 48.3 Å². The van der Waals surface area contributed by atoms with Crippen LogP contribution in [0.25, 0.3) is 27.8 Å². The van der Waals surface area contributed by atoms with Crippen LogP contribution in [-0.4, -0.2) is 19.2 Å². The molecule has 0 saturated heterocycles. The summed E-state index contributed by atoms with van der Waals surface area (Å²) in [6.45, 7) is 1.97. The van der Waals surface area contributed by atoms with Crippen LogP contribution in [0, 0.1) is 0 Å². The molecule has 22 heavy (non-hydrogen) atoms. The number of nitrogens with zero attached hydrogens (tertiary/aromatic N) is 4. The molecule has 0 bridgehead atoms. The second-order valence-electron chi connectivity index (χ2n) is 5.67. The summed E-state index contributed by atoms with van der Waals surface area (Å²) < 4.78 is 3.90. The number of aromatic nitrogens is 4. The number of hydrogen-bond acceptors (Lipinski definition) is 3. The van der Waals surface area contributed by atoms with Crippen LogP contribution in [0.15, 0.2) is 48.9 Å². The van der Waals surface area contributed by atoms with Gasteiger partial charge in [-0.2, -0.15) is 5.10 Å². The number of imidazole rings is 1. The maximum absolute atomic E-state index is 6.15. The molecule has 1 atom stereocenters. The van der Waals surface area contributed by atoms with E-state index in [0.717, 1.165) is 22.5 Å². The summed E-state index contributed by atoms with van der Waals surface area (Å²) in [6.07, 6.45) is 5.66. The van der Waals surface area contributed by atoms with E-state index < -0.39 is 0 Å². The first-order valence-corrected chi connectivity index (χ1v) is 7.29. The molecule has 0 radical (unpaired) electrons. The SMILES string of the molecule is C[C@H](N)c1cc2nccn2nc1-c1ccc2ccn(C)c2c1. The van der Waals surface area contributed by atoms with Crippen molar-refractivity contribution in [2.75, 3.05) is 0 Å². The van der Waals surface area contributed by atoms with Crippen LogP contribution in [0.4, 0.5) is 0 Å². The molecular formula is C17H17N5. The topological polar surface area (TPSA) is 61.1 Å². The van der Waals surface area contributed by atoms with Crippen molar-refractivity contribution in [2.45, 2.75) is 13.0 Å². The molecule has 0 saturated carbocycles. The van der Waals surface area contributed by atoms with Crippen molar-refractivity contribution in [1.82, 2.24) is 19.2 Å². The molecule has 110 valence electrons. The van der Waals surface area contributed by atoms with Crippen LogP contribution in [0.1, 0.15) is 18.5 Å². The highest BCUT2D eigenvalue weighted by atomic mass is 15.2. The minimum absolute atomic E-state index is 0.103. The minimum Gasteiger partial charge on any atom is -0.351 e. The van der Waals surface area contributed by atoms with Crippen molar-refractivity contribution >= 4 is 16.6 Å². The first kappa shape index (κ1) is 13.0. The Morgan fingerprint density at radius 1 is 1.14 bits per heavy atom. The number of benzene rings is 1. The first-order chi connectivity index (χ1) is 10.6. The van der Waals surface area contributed by atoms with Crippen LogP contribution in [-0.2, 0) is 7.05 Å². The molecule has 0 amide bonds. The Labute approximate surface area is 128 Å². The third-order valence-electron chi connectivity index (χ3n) is 4.07. The Bertz CT molecular complexity index is 977. The van der Waals surface area contributed by atoms with Crippen LogP contribution in [0.3, 0.4) is 0 Å². The average molecular weight is 291 g/mol. The maximum atomic E-state index is 6.15. The summed E-state index contributed by atoms with van der Waals surface area (Å²) in [5, 5.41) is 5.93. The highest BCUT2D eigenvalue weighted by Gasteiger charge is 2.14. The van der Waals surface area contributed by atoms with Gasteiger partial charge in [-0.1, -0.05) is 12.1 Å². The zero-order chi connectivity index (χ0) is 15.3. The first-order valence-electron chi connectivity index (χ1n) is 7.29. The summed E-state index contributed by atoms with van der Waals surface area (Å²) in [6, 6.07) is 10.4. The van der Waals surface area contributed by atoms with E-state index in [1.807, 2.05) is 26.2 Å². The number of nitrogens with two attached hydrogens (primary N) is 1.